The van der Waals surface area contributed by atoms with E-state index in [0.29, 0.717) is 32.0 Å². The number of amides is 3. The second-order valence-corrected chi connectivity index (χ2v) is 13.7. The molecule has 0 saturated carbocycles. The molecule has 3 amide bonds. The number of H-pyrrole nitrogens is 1. The van der Waals surface area contributed by atoms with Crippen molar-refractivity contribution in [3.63, 3.8) is 0 Å². The summed E-state index contributed by atoms with van der Waals surface area (Å²) in [7, 11) is 1.30. The lowest BCUT2D eigenvalue weighted by Gasteiger charge is -2.31. The number of rotatable bonds is 12. The molecule has 5 rings (SSSR count). The molecule has 11 heteroatoms. The Morgan fingerprint density at radius 3 is 2.63 bits per heavy atom. The Balaban J connectivity index is 1.14. The van der Waals surface area contributed by atoms with E-state index in [0.717, 1.165) is 71.4 Å². The lowest BCUT2D eigenvalue weighted by Crippen LogP contribution is -2.54. The third kappa shape index (κ3) is 9.40. The van der Waals surface area contributed by atoms with Crippen molar-refractivity contribution in [2.24, 2.45) is 16.8 Å². The molecule has 1 fully saturated rings. The van der Waals surface area contributed by atoms with Crippen LogP contribution in [0.3, 0.4) is 0 Å². The summed E-state index contributed by atoms with van der Waals surface area (Å²) in [5, 5.41) is 11.5. The number of fused-ring (bicyclic) bond motifs is 1. The molecule has 0 bridgehead atoms. The number of hydrogen-bond donors (Lipinski definition) is 4. The average Bonchev–Trinajstić information content (AvgIpc) is 3.86. The number of amidine groups is 1. The van der Waals surface area contributed by atoms with E-state index in [9.17, 15) is 14.4 Å². The Morgan fingerprint density at radius 1 is 1.06 bits per heavy atom. The molecule has 2 aliphatic heterocycles. The van der Waals surface area contributed by atoms with Gasteiger partial charge in [0.05, 0.1) is 31.9 Å². The Morgan fingerprint density at radius 2 is 1.86 bits per heavy atom. The van der Waals surface area contributed by atoms with Gasteiger partial charge in [0.2, 0.25) is 11.8 Å². The fourth-order valence-corrected chi connectivity index (χ4v) is 6.38. The highest BCUT2D eigenvalue weighted by Gasteiger charge is 2.39. The lowest BCUT2D eigenvalue weighted by molar-refractivity contribution is -0.134. The summed E-state index contributed by atoms with van der Waals surface area (Å²) in [6.45, 7) is 9.83. The molecule has 0 radical (unpaired) electrons. The standard InChI is InChI=1S/C38H49N7O4/c1-24(2)19-34(46)39-17-7-6-10-33-40-22-30(42-33)16-12-26-11-13-28-21-29(15-14-27(28)20-26)31-23-41-36(43-31)32-9-8-18-45(32)37(47)35(25(3)4)44-38(48)49-5/h11,13-15,20-22,24-25,31-32,35H,6-10,17-19,23H2,1-5H3,(H,39,46)(H,40,42)(H,41,43)(H,44,48)/t31?,32-,35-/m0/s1. The van der Waals surface area contributed by atoms with Crippen LogP contribution < -0.4 is 16.0 Å². The first-order valence-electron chi connectivity index (χ1n) is 17.4. The van der Waals surface area contributed by atoms with Crippen LogP contribution in [0.2, 0.25) is 0 Å². The Labute approximate surface area is 289 Å². The molecule has 1 aromatic heterocycles. The minimum atomic E-state index is -0.658. The summed E-state index contributed by atoms with van der Waals surface area (Å²) < 4.78 is 4.75. The van der Waals surface area contributed by atoms with E-state index in [1.54, 1.807) is 6.20 Å². The van der Waals surface area contributed by atoms with Gasteiger partial charge in [-0.3, -0.25) is 14.6 Å². The van der Waals surface area contributed by atoms with Crippen molar-refractivity contribution in [3.8, 4) is 11.8 Å². The van der Waals surface area contributed by atoms with Crippen molar-refractivity contribution in [2.45, 2.75) is 84.3 Å². The number of imidazole rings is 1. The number of benzene rings is 2. The first-order valence-corrected chi connectivity index (χ1v) is 17.4. The number of carbonyl (C=O) groups is 3. The van der Waals surface area contributed by atoms with Gasteiger partial charge in [0, 0.05) is 31.5 Å². The number of alkyl carbamates (subject to hydrolysis) is 1. The third-order valence-corrected chi connectivity index (χ3v) is 9.00. The number of aryl methyl sites for hydroxylation is 1. The minimum Gasteiger partial charge on any atom is -0.453 e. The van der Waals surface area contributed by atoms with Crippen molar-refractivity contribution < 1.29 is 19.1 Å². The second-order valence-electron chi connectivity index (χ2n) is 13.7. The highest BCUT2D eigenvalue weighted by molar-refractivity contribution is 5.95. The predicted molar refractivity (Wildman–Crippen MR) is 191 cm³/mol. The molecule has 0 spiro atoms. The number of aromatic amines is 1. The summed E-state index contributed by atoms with van der Waals surface area (Å²) in [4.78, 5) is 51.7. The molecular formula is C38H49N7O4. The van der Waals surface area contributed by atoms with Crippen LogP contribution in [0.15, 0.2) is 47.6 Å². The van der Waals surface area contributed by atoms with Crippen molar-refractivity contribution in [2.75, 3.05) is 26.7 Å². The molecule has 260 valence electrons. The number of aromatic nitrogens is 2. The Kier molecular flexibility index (Phi) is 11.9. The highest BCUT2D eigenvalue weighted by Crippen LogP contribution is 2.28. The monoisotopic (exact) mass is 667 g/mol. The number of nitrogens with zero attached hydrogens (tertiary/aromatic N) is 3. The van der Waals surface area contributed by atoms with Gasteiger partial charge < -0.3 is 30.6 Å². The zero-order valence-electron chi connectivity index (χ0n) is 29.3. The van der Waals surface area contributed by atoms with Crippen LogP contribution in [0.5, 0.6) is 0 Å². The molecule has 4 N–H and O–H groups in total. The Bertz CT molecular complexity index is 1730. The van der Waals surface area contributed by atoms with Crippen LogP contribution in [-0.4, -0.2) is 77.4 Å². The molecule has 1 saturated heterocycles. The van der Waals surface area contributed by atoms with Crippen LogP contribution in [0.1, 0.15) is 88.5 Å². The van der Waals surface area contributed by atoms with E-state index in [-0.39, 0.29) is 29.8 Å². The van der Waals surface area contributed by atoms with Crippen LogP contribution in [0.4, 0.5) is 4.79 Å². The molecule has 11 nitrogen and oxygen atoms in total. The van der Waals surface area contributed by atoms with E-state index in [1.807, 2.05) is 38.7 Å². The molecular weight excluding hydrogens is 618 g/mol. The van der Waals surface area contributed by atoms with Crippen molar-refractivity contribution in [3.05, 3.63) is 65.2 Å². The van der Waals surface area contributed by atoms with Gasteiger partial charge in [0.1, 0.15) is 23.4 Å². The molecule has 3 heterocycles. The van der Waals surface area contributed by atoms with Crippen LogP contribution in [0.25, 0.3) is 10.8 Å². The van der Waals surface area contributed by atoms with E-state index in [1.165, 1.54) is 7.11 Å². The number of likely N-dealkylation sites (tertiary alicyclic amines) is 1. The molecule has 3 atom stereocenters. The zero-order chi connectivity index (χ0) is 34.9. The van der Waals surface area contributed by atoms with Crippen molar-refractivity contribution in [1.82, 2.24) is 30.8 Å². The lowest BCUT2D eigenvalue weighted by atomic mass is 10.0. The number of aliphatic imine (C=N–C) groups is 1. The molecule has 2 aliphatic rings. The number of carbonyl (C=O) groups excluding carboxylic acids is 3. The van der Waals surface area contributed by atoms with E-state index < -0.39 is 12.1 Å². The van der Waals surface area contributed by atoms with Gasteiger partial charge in [-0.2, -0.15) is 0 Å². The predicted octanol–water partition coefficient (Wildman–Crippen LogP) is 4.86. The molecule has 0 aliphatic carbocycles. The summed E-state index contributed by atoms with van der Waals surface area (Å²) >= 11 is 0. The van der Waals surface area contributed by atoms with Gasteiger partial charge in [-0.05, 0) is 78.0 Å². The number of ether oxygens (including phenoxy) is 1. The normalized spacial score (nSPS) is 17.8. The molecule has 49 heavy (non-hydrogen) atoms. The fraction of sp³-hybridized carbons (Fsp3) is 0.500. The molecule has 3 aromatic rings. The van der Waals surface area contributed by atoms with Gasteiger partial charge in [-0.15, -0.1) is 0 Å². The first-order chi connectivity index (χ1) is 23.6. The maximum Gasteiger partial charge on any atom is 0.407 e. The number of hydrogen-bond acceptors (Lipinski definition) is 7. The smallest absolute Gasteiger partial charge is 0.407 e. The summed E-state index contributed by atoms with van der Waals surface area (Å²) in [5.74, 6) is 8.49. The second kappa shape index (κ2) is 16.5. The zero-order valence-corrected chi connectivity index (χ0v) is 29.3. The molecule has 1 unspecified atom stereocenters. The van der Waals surface area contributed by atoms with Crippen LogP contribution >= 0.6 is 0 Å². The fourth-order valence-electron chi connectivity index (χ4n) is 6.38. The summed E-state index contributed by atoms with van der Waals surface area (Å²) in [6.07, 6.45) is 6.10. The SMILES string of the molecule is COC(=O)N[C@H](C(=O)N1CCC[C@H]1C1=NCC(c2ccc3cc(C#Cc4cnc(CCCCNC(=O)CC(C)C)[nH]4)ccc3c2)N1)C(C)C. The van der Waals surface area contributed by atoms with Gasteiger partial charge in [-0.25, -0.2) is 9.78 Å². The number of methoxy groups -OCH3 is 1. The van der Waals surface area contributed by atoms with Gasteiger partial charge in [-0.1, -0.05) is 51.8 Å². The van der Waals surface area contributed by atoms with Gasteiger partial charge in [0.15, 0.2) is 0 Å². The summed E-state index contributed by atoms with van der Waals surface area (Å²) in [5.41, 5.74) is 2.84. The van der Waals surface area contributed by atoms with E-state index in [4.69, 9.17) is 9.73 Å². The topological polar surface area (TPSA) is 141 Å². The maximum atomic E-state index is 13.5. The van der Waals surface area contributed by atoms with Gasteiger partial charge >= 0.3 is 6.09 Å². The van der Waals surface area contributed by atoms with Crippen LogP contribution in [-0.2, 0) is 20.7 Å². The van der Waals surface area contributed by atoms with E-state index >= 15 is 0 Å². The maximum absolute atomic E-state index is 13.5. The van der Waals surface area contributed by atoms with Crippen molar-refractivity contribution in [1.29, 1.82) is 0 Å². The largest absolute Gasteiger partial charge is 0.453 e. The summed E-state index contributed by atoms with van der Waals surface area (Å²) in [6, 6.07) is 11.9. The quantitative estimate of drug-likeness (QED) is 0.161. The molecule has 2 aromatic carbocycles. The highest BCUT2D eigenvalue weighted by atomic mass is 16.5. The minimum absolute atomic E-state index is 0.0173. The van der Waals surface area contributed by atoms with Crippen LogP contribution in [0, 0.1) is 23.7 Å². The number of unbranched alkanes of at least 4 members (excludes halogenated alkanes) is 1. The van der Waals surface area contributed by atoms with E-state index in [2.05, 4.69) is 68.1 Å². The first kappa shape index (κ1) is 35.5. The number of nitrogens with one attached hydrogen (secondary N) is 4. The van der Waals surface area contributed by atoms with Crippen molar-refractivity contribution >= 4 is 34.5 Å². The third-order valence-electron chi connectivity index (χ3n) is 9.00. The average molecular weight is 668 g/mol. The van der Waals surface area contributed by atoms with Gasteiger partial charge in [0.25, 0.3) is 0 Å². The Hall–Kier alpha value is -4.85.